The second kappa shape index (κ2) is 10.4. The highest BCUT2D eigenvalue weighted by Crippen LogP contribution is 2.17. The number of guanidine groups is 1. The number of ether oxygens (including phenoxy) is 2. The van der Waals surface area contributed by atoms with Gasteiger partial charge in [0.1, 0.15) is 11.6 Å². The summed E-state index contributed by atoms with van der Waals surface area (Å²) < 4.78 is 24.0. The van der Waals surface area contributed by atoms with Crippen LogP contribution in [0.4, 0.5) is 4.39 Å². The Bertz CT molecular complexity index is 735. The van der Waals surface area contributed by atoms with Crippen molar-refractivity contribution in [2.75, 3.05) is 27.8 Å². The Balaban J connectivity index is 1.85. The van der Waals surface area contributed by atoms with E-state index >= 15 is 0 Å². The van der Waals surface area contributed by atoms with Crippen molar-refractivity contribution < 1.29 is 13.9 Å². The van der Waals surface area contributed by atoms with Gasteiger partial charge in [-0.15, -0.1) is 0 Å². The molecule has 2 aromatic rings. The van der Waals surface area contributed by atoms with Crippen LogP contribution in [0.5, 0.6) is 5.75 Å². The average Bonchev–Trinajstić information content (AvgIpc) is 2.67. The first-order chi connectivity index (χ1) is 12.7. The van der Waals surface area contributed by atoms with Crippen LogP contribution in [0.25, 0.3) is 0 Å². The van der Waals surface area contributed by atoms with E-state index in [-0.39, 0.29) is 12.4 Å². The normalized spacial score (nSPS) is 11.3. The van der Waals surface area contributed by atoms with Gasteiger partial charge >= 0.3 is 0 Å². The van der Waals surface area contributed by atoms with Crippen LogP contribution in [-0.4, -0.2) is 33.8 Å². The van der Waals surface area contributed by atoms with E-state index in [4.69, 9.17) is 9.47 Å². The number of para-hydroxylation sites is 1. The second-order valence-corrected chi connectivity index (χ2v) is 5.77. The summed E-state index contributed by atoms with van der Waals surface area (Å²) in [6, 6.07) is 13.0. The zero-order valence-corrected chi connectivity index (χ0v) is 15.5. The highest BCUT2D eigenvalue weighted by molar-refractivity contribution is 5.79. The minimum Gasteiger partial charge on any atom is -0.496 e. The minimum atomic E-state index is -0.255. The summed E-state index contributed by atoms with van der Waals surface area (Å²) in [6.45, 7) is 1.52. The molecule has 0 atom stereocenters. The number of hydrogen-bond acceptors (Lipinski definition) is 3. The molecule has 0 bridgehead atoms. The Labute approximate surface area is 154 Å². The first-order valence-electron chi connectivity index (χ1n) is 8.50. The van der Waals surface area contributed by atoms with E-state index in [1.165, 1.54) is 6.07 Å². The van der Waals surface area contributed by atoms with Crippen molar-refractivity contribution in [3.05, 3.63) is 65.0 Å². The van der Waals surface area contributed by atoms with Crippen LogP contribution in [0.3, 0.4) is 0 Å². The summed E-state index contributed by atoms with van der Waals surface area (Å²) in [6.07, 6.45) is 0.819. The Hall–Kier alpha value is -2.60. The zero-order valence-electron chi connectivity index (χ0n) is 15.5. The Morgan fingerprint density at radius 2 is 1.88 bits per heavy atom. The van der Waals surface area contributed by atoms with Gasteiger partial charge in [-0.05, 0) is 35.7 Å². The quantitative estimate of drug-likeness (QED) is 0.562. The molecule has 0 aliphatic carbocycles. The molecular weight excluding hydrogens is 333 g/mol. The molecule has 0 saturated heterocycles. The predicted molar refractivity (Wildman–Crippen MR) is 102 cm³/mol. The maximum atomic E-state index is 13.7. The molecule has 0 aromatic heterocycles. The van der Waals surface area contributed by atoms with Crippen LogP contribution >= 0.6 is 0 Å². The van der Waals surface area contributed by atoms with Gasteiger partial charge in [0.25, 0.3) is 0 Å². The third-order valence-corrected chi connectivity index (χ3v) is 3.97. The molecule has 0 spiro atoms. The molecule has 2 N–H and O–H groups in total. The Kier molecular flexibility index (Phi) is 7.89. The number of methoxy groups -OCH3 is 2. The van der Waals surface area contributed by atoms with Gasteiger partial charge in [0.2, 0.25) is 0 Å². The summed E-state index contributed by atoms with van der Waals surface area (Å²) >= 11 is 0. The molecule has 0 amide bonds. The summed E-state index contributed by atoms with van der Waals surface area (Å²) in [7, 11) is 4.95. The number of nitrogens with zero attached hydrogens (tertiary/aromatic N) is 1. The molecule has 5 nitrogen and oxygen atoms in total. The van der Waals surface area contributed by atoms with Gasteiger partial charge in [-0.1, -0.05) is 24.3 Å². The number of halogens is 1. The lowest BCUT2D eigenvalue weighted by atomic mass is 10.1. The van der Waals surface area contributed by atoms with Crippen LogP contribution in [0.2, 0.25) is 0 Å². The monoisotopic (exact) mass is 359 g/mol. The van der Waals surface area contributed by atoms with Gasteiger partial charge in [0.15, 0.2) is 5.96 Å². The van der Waals surface area contributed by atoms with Gasteiger partial charge in [-0.2, -0.15) is 0 Å². The first-order valence-corrected chi connectivity index (χ1v) is 8.50. The maximum absolute atomic E-state index is 13.7. The van der Waals surface area contributed by atoms with Crippen LogP contribution in [0.15, 0.2) is 47.5 Å². The van der Waals surface area contributed by atoms with E-state index in [2.05, 4.69) is 15.6 Å². The minimum absolute atomic E-state index is 0.255. The van der Waals surface area contributed by atoms with E-state index in [0.29, 0.717) is 18.1 Å². The molecule has 26 heavy (non-hydrogen) atoms. The van der Waals surface area contributed by atoms with E-state index < -0.39 is 0 Å². The van der Waals surface area contributed by atoms with Crippen molar-refractivity contribution >= 4 is 5.96 Å². The zero-order chi connectivity index (χ0) is 18.8. The summed E-state index contributed by atoms with van der Waals surface area (Å²) in [5, 5.41) is 6.51. The fourth-order valence-corrected chi connectivity index (χ4v) is 2.64. The molecule has 2 rings (SSSR count). The number of benzene rings is 2. The van der Waals surface area contributed by atoms with E-state index in [1.54, 1.807) is 33.4 Å². The predicted octanol–water partition coefficient (Wildman–Crippen LogP) is 2.89. The largest absolute Gasteiger partial charge is 0.496 e. The molecule has 0 saturated carbocycles. The van der Waals surface area contributed by atoms with Gasteiger partial charge in [0, 0.05) is 32.8 Å². The van der Waals surface area contributed by atoms with Crippen LogP contribution in [0, 0.1) is 5.82 Å². The molecule has 2 aromatic carbocycles. The third kappa shape index (κ3) is 5.74. The van der Waals surface area contributed by atoms with E-state index in [0.717, 1.165) is 29.8 Å². The van der Waals surface area contributed by atoms with Gasteiger partial charge in [-0.3, -0.25) is 4.99 Å². The summed E-state index contributed by atoms with van der Waals surface area (Å²) in [4.78, 5) is 4.22. The van der Waals surface area contributed by atoms with Gasteiger partial charge in [0.05, 0.1) is 13.7 Å². The van der Waals surface area contributed by atoms with Gasteiger partial charge < -0.3 is 20.1 Å². The molecule has 140 valence electrons. The lowest BCUT2D eigenvalue weighted by Gasteiger charge is -2.13. The summed E-state index contributed by atoms with van der Waals surface area (Å²) in [5.41, 5.74) is 2.65. The lowest BCUT2D eigenvalue weighted by Crippen LogP contribution is -2.37. The molecule has 6 heteroatoms. The highest BCUT2D eigenvalue weighted by atomic mass is 19.1. The Morgan fingerprint density at radius 1 is 1.08 bits per heavy atom. The molecule has 0 aliphatic rings. The standard InChI is InChI=1S/C20H26FN3O2/c1-22-20(23-11-10-16-6-4-5-7-19(16)26-3)24-13-15-8-9-18(21)17(12-15)14-25-2/h4-9,12H,10-11,13-14H2,1-3H3,(H2,22,23,24). The highest BCUT2D eigenvalue weighted by Gasteiger charge is 2.05. The number of nitrogens with one attached hydrogen (secondary N) is 2. The summed E-state index contributed by atoms with van der Waals surface area (Å²) in [5.74, 6) is 1.32. The molecule has 0 unspecified atom stereocenters. The van der Waals surface area contributed by atoms with Crippen molar-refractivity contribution in [2.24, 2.45) is 4.99 Å². The molecule has 0 heterocycles. The Morgan fingerprint density at radius 3 is 2.62 bits per heavy atom. The second-order valence-electron chi connectivity index (χ2n) is 5.77. The fraction of sp³-hybridized carbons (Fsp3) is 0.350. The van der Waals surface area contributed by atoms with Crippen molar-refractivity contribution in [2.45, 2.75) is 19.6 Å². The van der Waals surface area contributed by atoms with E-state index in [1.807, 2.05) is 24.3 Å². The molecule has 0 fully saturated rings. The number of rotatable bonds is 8. The smallest absolute Gasteiger partial charge is 0.191 e. The van der Waals surface area contributed by atoms with Crippen LogP contribution in [-0.2, 0) is 24.3 Å². The SMILES string of the molecule is CN=C(NCCc1ccccc1OC)NCc1ccc(F)c(COC)c1. The maximum Gasteiger partial charge on any atom is 0.191 e. The van der Waals surface area contributed by atoms with Crippen molar-refractivity contribution in [1.29, 1.82) is 0 Å². The van der Waals surface area contributed by atoms with Crippen molar-refractivity contribution in [3.63, 3.8) is 0 Å². The molecule has 0 aliphatic heterocycles. The van der Waals surface area contributed by atoms with Crippen LogP contribution < -0.4 is 15.4 Å². The third-order valence-electron chi connectivity index (χ3n) is 3.97. The molecule has 0 radical (unpaired) electrons. The number of hydrogen-bond donors (Lipinski definition) is 2. The topological polar surface area (TPSA) is 54.9 Å². The lowest BCUT2D eigenvalue weighted by molar-refractivity contribution is 0.181. The fourth-order valence-electron chi connectivity index (χ4n) is 2.64. The first kappa shape index (κ1) is 19.7. The van der Waals surface area contributed by atoms with Gasteiger partial charge in [-0.25, -0.2) is 4.39 Å². The van der Waals surface area contributed by atoms with Crippen molar-refractivity contribution in [3.8, 4) is 5.75 Å². The number of aliphatic imine (C=N–C) groups is 1. The van der Waals surface area contributed by atoms with Crippen LogP contribution in [0.1, 0.15) is 16.7 Å². The van der Waals surface area contributed by atoms with Crippen molar-refractivity contribution in [1.82, 2.24) is 10.6 Å². The van der Waals surface area contributed by atoms with E-state index in [9.17, 15) is 4.39 Å². The average molecular weight is 359 g/mol. The molecular formula is C20H26FN3O2.